The second-order valence-corrected chi connectivity index (χ2v) is 5.66. The minimum atomic E-state index is -0.290. The molecule has 0 fully saturated rings. The number of methoxy groups -OCH3 is 4. The first-order valence-electron chi connectivity index (χ1n) is 8.15. The van der Waals surface area contributed by atoms with Crippen LogP contribution < -0.4 is 24.3 Å². The van der Waals surface area contributed by atoms with Crippen LogP contribution in [0, 0.1) is 0 Å². The Hall–Kier alpha value is -3.48. The van der Waals surface area contributed by atoms with Gasteiger partial charge in [-0.25, -0.2) is 4.99 Å². The average Bonchev–Trinajstić information content (AvgIpc) is 3.07. The van der Waals surface area contributed by atoms with Gasteiger partial charge >= 0.3 is 0 Å². The van der Waals surface area contributed by atoms with E-state index in [0.717, 1.165) is 5.56 Å². The van der Waals surface area contributed by atoms with Crippen LogP contribution >= 0.6 is 0 Å². The van der Waals surface area contributed by atoms with Gasteiger partial charge in [0, 0.05) is 11.6 Å². The second kappa shape index (κ2) is 7.82. The summed E-state index contributed by atoms with van der Waals surface area (Å²) in [7, 11) is 6.26. The number of hydrogen-bond acceptors (Lipinski definition) is 6. The van der Waals surface area contributed by atoms with E-state index in [-0.39, 0.29) is 5.91 Å². The summed E-state index contributed by atoms with van der Waals surface area (Å²) < 4.78 is 21.0. The molecule has 140 valence electrons. The van der Waals surface area contributed by atoms with Gasteiger partial charge in [-0.2, -0.15) is 0 Å². The molecule has 2 aromatic rings. The smallest absolute Gasteiger partial charge is 0.275 e. The van der Waals surface area contributed by atoms with Gasteiger partial charge in [-0.15, -0.1) is 0 Å². The maximum absolute atomic E-state index is 12.3. The summed E-state index contributed by atoms with van der Waals surface area (Å²) >= 11 is 0. The largest absolute Gasteiger partial charge is 0.497 e. The summed E-state index contributed by atoms with van der Waals surface area (Å²) in [5.41, 5.74) is 1.75. The molecule has 1 aliphatic heterocycles. The van der Waals surface area contributed by atoms with Crippen molar-refractivity contribution in [3.63, 3.8) is 0 Å². The van der Waals surface area contributed by atoms with Gasteiger partial charge in [-0.3, -0.25) is 4.79 Å². The van der Waals surface area contributed by atoms with E-state index in [0.29, 0.717) is 40.1 Å². The van der Waals surface area contributed by atoms with Gasteiger partial charge in [0.05, 0.1) is 28.4 Å². The zero-order valence-electron chi connectivity index (χ0n) is 15.5. The van der Waals surface area contributed by atoms with Gasteiger partial charge in [0.1, 0.15) is 23.0 Å². The maximum Gasteiger partial charge on any atom is 0.275 e. The van der Waals surface area contributed by atoms with Crippen LogP contribution in [0.25, 0.3) is 6.08 Å². The number of ether oxygens (including phenoxy) is 4. The standard InChI is InChI=1S/C20H20N2O5/c1-24-14-9-13(10-15(11-14)25-2)19-21-16(20(23)22-19)7-12-5-6-17(26-3)18(8-12)27-4/h5-11H,1-4H3,(H,21,22,23)/b16-7+. The summed E-state index contributed by atoms with van der Waals surface area (Å²) in [5.74, 6) is 2.55. The quantitative estimate of drug-likeness (QED) is 0.793. The predicted molar refractivity (Wildman–Crippen MR) is 102 cm³/mol. The summed E-state index contributed by atoms with van der Waals surface area (Å²) in [5, 5.41) is 2.77. The number of rotatable bonds is 6. The average molecular weight is 368 g/mol. The third kappa shape index (κ3) is 3.87. The SMILES string of the molecule is COc1cc(OC)cc(C2=N/C(=C/c3ccc(OC)c(OC)c3)C(=O)N2)c1. The fraction of sp³-hybridized carbons (Fsp3) is 0.200. The molecule has 0 saturated carbocycles. The molecule has 7 heteroatoms. The lowest BCUT2D eigenvalue weighted by Crippen LogP contribution is -2.24. The molecule has 0 atom stereocenters. The van der Waals surface area contributed by atoms with E-state index < -0.39 is 0 Å². The van der Waals surface area contributed by atoms with Crippen molar-refractivity contribution in [1.82, 2.24) is 5.32 Å². The van der Waals surface area contributed by atoms with Crippen LogP contribution in [0.5, 0.6) is 23.0 Å². The third-order valence-electron chi connectivity index (χ3n) is 4.03. The zero-order chi connectivity index (χ0) is 19.4. The Bertz CT molecular complexity index is 912. The highest BCUT2D eigenvalue weighted by atomic mass is 16.5. The van der Waals surface area contributed by atoms with Crippen molar-refractivity contribution in [3.8, 4) is 23.0 Å². The van der Waals surface area contributed by atoms with Gasteiger partial charge in [0.2, 0.25) is 0 Å². The molecule has 1 aliphatic rings. The molecule has 0 bridgehead atoms. The van der Waals surface area contributed by atoms with Crippen LogP contribution in [0.1, 0.15) is 11.1 Å². The van der Waals surface area contributed by atoms with Gasteiger partial charge in [0.15, 0.2) is 11.5 Å². The van der Waals surface area contributed by atoms with E-state index in [2.05, 4.69) is 10.3 Å². The lowest BCUT2D eigenvalue weighted by molar-refractivity contribution is -0.115. The number of carbonyl (C=O) groups is 1. The first-order chi connectivity index (χ1) is 13.1. The van der Waals surface area contributed by atoms with E-state index >= 15 is 0 Å². The van der Waals surface area contributed by atoms with Crippen LogP contribution in [0.3, 0.4) is 0 Å². The number of benzene rings is 2. The molecular weight excluding hydrogens is 348 g/mol. The van der Waals surface area contributed by atoms with E-state index in [1.54, 1.807) is 64.8 Å². The predicted octanol–water partition coefficient (Wildman–Crippen LogP) is 2.64. The fourth-order valence-electron chi connectivity index (χ4n) is 2.65. The fourth-order valence-corrected chi connectivity index (χ4v) is 2.65. The summed E-state index contributed by atoms with van der Waals surface area (Å²) in [4.78, 5) is 16.8. The molecule has 0 spiro atoms. The molecule has 27 heavy (non-hydrogen) atoms. The van der Waals surface area contributed by atoms with Crippen LogP contribution in [-0.2, 0) is 4.79 Å². The van der Waals surface area contributed by atoms with Gasteiger partial charge in [-0.05, 0) is 35.9 Å². The lowest BCUT2D eigenvalue weighted by Gasteiger charge is -2.08. The molecule has 0 saturated heterocycles. The van der Waals surface area contributed by atoms with Crippen LogP contribution in [0.15, 0.2) is 47.1 Å². The first-order valence-corrected chi connectivity index (χ1v) is 8.15. The Balaban J connectivity index is 1.96. The van der Waals surface area contributed by atoms with Crippen LogP contribution in [-0.4, -0.2) is 40.2 Å². The molecular formula is C20H20N2O5. The highest BCUT2D eigenvalue weighted by molar-refractivity contribution is 6.20. The van der Waals surface area contributed by atoms with Crippen LogP contribution in [0.4, 0.5) is 0 Å². The molecule has 3 rings (SSSR count). The Morgan fingerprint density at radius 1 is 0.852 bits per heavy atom. The number of nitrogens with one attached hydrogen (secondary N) is 1. The van der Waals surface area contributed by atoms with Crippen molar-refractivity contribution in [3.05, 3.63) is 53.2 Å². The van der Waals surface area contributed by atoms with E-state index in [9.17, 15) is 4.79 Å². The topological polar surface area (TPSA) is 78.4 Å². The number of amidine groups is 1. The Morgan fingerprint density at radius 3 is 2.11 bits per heavy atom. The van der Waals surface area contributed by atoms with E-state index in [1.165, 1.54) is 0 Å². The Labute approximate surface area is 157 Å². The van der Waals surface area contributed by atoms with Gasteiger partial charge in [0.25, 0.3) is 5.91 Å². The van der Waals surface area contributed by atoms with Crippen LogP contribution in [0.2, 0.25) is 0 Å². The van der Waals surface area contributed by atoms with Crippen molar-refractivity contribution in [2.24, 2.45) is 4.99 Å². The number of carbonyl (C=O) groups excluding carboxylic acids is 1. The minimum Gasteiger partial charge on any atom is -0.497 e. The molecule has 1 N–H and O–H groups in total. The van der Waals surface area contributed by atoms with Crippen molar-refractivity contribution in [2.75, 3.05) is 28.4 Å². The highest BCUT2D eigenvalue weighted by Crippen LogP contribution is 2.29. The van der Waals surface area contributed by atoms with Crippen molar-refractivity contribution in [2.45, 2.75) is 0 Å². The minimum absolute atomic E-state index is 0.290. The molecule has 1 heterocycles. The second-order valence-electron chi connectivity index (χ2n) is 5.66. The number of aliphatic imine (C=N–C) groups is 1. The third-order valence-corrected chi connectivity index (χ3v) is 4.03. The normalized spacial score (nSPS) is 14.6. The molecule has 0 unspecified atom stereocenters. The monoisotopic (exact) mass is 368 g/mol. The van der Waals surface area contributed by atoms with Crippen molar-refractivity contribution in [1.29, 1.82) is 0 Å². The molecule has 0 aromatic heterocycles. The number of amides is 1. The number of nitrogens with zero attached hydrogens (tertiary/aromatic N) is 1. The molecule has 7 nitrogen and oxygen atoms in total. The van der Waals surface area contributed by atoms with Crippen molar-refractivity contribution < 1.29 is 23.7 Å². The molecule has 1 amide bonds. The first kappa shape index (κ1) is 18.3. The zero-order valence-corrected chi connectivity index (χ0v) is 15.5. The number of hydrogen-bond donors (Lipinski definition) is 1. The van der Waals surface area contributed by atoms with E-state index in [1.807, 2.05) is 6.07 Å². The molecule has 0 radical (unpaired) electrons. The summed E-state index contributed by atoms with van der Waals surface area (Å²) in [6, 6.07) is 10.7. The highest BCUT2D eigenvalue weighted by Gasteiger charge is 2.22. The van der Waals surface area contributed by atoms with E-state index in [4.69, 9.17) is 18.9 Å². The van der Waals surface area contributed by atoms with Gasteiger partial charge < -0.3 is 24.3 Å². The van der Waals surface area contributed by atoms with Gasteiger partial charge in [-0.1, -0.05) is 6.07 Å². The Morgan fingerprint density at radius 2 is 1.52 bits per heavy atom. The summed E-state index contributed by atoms with van der Waals surface area (Å²) in [6.45, 7) is 0. The lowest BCUT2D eigenvalue weighted by atomic mass is 10.1. The maximum atomic E-state index is 12.3. The molecule has 2 aromatic carbocycles. The summed E-state index contributed by atoms with van der Waals surface area (Å²) in [6.07, 6.45) is 1.68. The van der Waals surface area contributed by atoms with Crippen molar-refractivity contribution >= 4 is 17.8 Å². The molecule has 0 aliphatic carbocycles. The Kier molecular flexibility index (Phi) is 5.30.